The molecule has 0 fully saturated rings. The van der Waals surface area contributed by atoms with E-state index in [1.807, 2.05) is 24.3 Å². The Morgan fingerprint density at radius 1 is 1.00 bits per heavy atom. The Kier molecular flexibility index (Phi) is 3.49. The molecule has 1 unspecified atom stereocenters. The van der Waals surface area contributed by atoms with Crippen LogP contribution in [-0.4, -0.2) is 6.36 Å². The van der Waals surface area contributed by atoms with E-state index in [1.54, 1.807) is 18.2 Å². The van der Waals surface area contributed by atoms with Crippen LogP contribution in [0.1, 0.15) is 23.6 Å². The molecule has 1 aliphatic heterocycles. The maximum atomic E-state index is 12.5. The highest BCUT2D eigenvalue weighted by atomic mass is 19.4. The number of para-hydroxylation sites is 2. The van der Waals surface area contributed by atoms with Crippen molar-refractivity contribution in [2.75, 3.05) is 5.32 Å². The van der Waals surface area contributed by atoms with Crippen LogP contribution in [0.5, 0.6) is 5.75 Å². The predicted molar refractivity (Wildman–Crippen MR) is 74.3 cm³/mol. The minimum absolute atomic E-state index is 0.137. The zero-order chi connectivity index (χ0) is 14.9. The van der Waals surface area contributed by atoms with Crippen LogP contribution in [0, 0.1) is 0 Å². The molecule has 1 N–H and O–H groups in total. The van der Waals surface area contributed by atoms with Gasteiger partial charge < -0.3 is 10.1 Å². The summed E-state index contributed by atoms with van der Waals surface area (Å²) in [6.07, 6.45) is -3.12. The van der Waals surface area contributed by atoms with Crippen LogP contribution in [0.25, 0.3) is 0 Å². The summed E-state index contributed by atoms with van der Waals surface area (Å²) in [5.41, 5.74) is 2.68. The summed E-state index contributed by atoms with van der Waals surface area (Å²) < 4.78 is 41.6. The van der Waals surface area contributed by atoms with Gasteiger partial charge >= 0.3 is 6.36 Å². The molecule has 1 aliphatic rings. The molecular weight excluding hydrogens is 279 g/mol. The molecule has 0 saturated carbocycles. The van der Waals surface area contributed by atoms with Crippen molar-refractivity contribution in [3.8, 4) is 5.75 Å². The van der Waals surface area contributed by atoms with E-state index in [4.69, 9.17) is 0 Å². The quantitative estimate of drug-likeness (QED) is 0.867. The van der Waals surface area contributed by atoms with Gasteiger partial charge in [-0.3, -0.25) is 0 Å². The topological polar surface area (TPSA) is 21.3 Å². The molecule has 0 saturated heterocycles. The maximum Gasteiger partial charge on any atom is 0.573 e. The first-order chi connectivity index (χ1) is 10.0. The van der Waals surface area contributed by atoms with E-state index >= 15 is 0 Å². The van der Waals surface area contributed by atoms with Crippen molar-refractivity contribution in [1.82, 2.24) is 0 Å². The summed E-state index contributed by atoms with van der Waals surface area (Å²) in [5, 5.41) is 3.29. The van der Waals surface area contributed by atoms with Crippen LogP contribution in [-0.2, 0) is 6.42 Å². The number of anilines is 1. The van der Waals surface area contributed by atoms with Gasteiger partial charge in [-0.1, -0.05) is 36.4 Å². The molecule has 3 rings (SSSR count). The molecule has 1 atom stereocenters. The van der Waals surface area contributed by atoms with Crippen molar-refractivity contribution >= 4 is 5.69 Å². The van der Waals surface area contributed by atoms with Crippen molar-refractivity contribution in [2.24, 2.45) is 0 Å². The second-order valence-electron chi connectivity index (χ2n) is 4.98. The standard InChI is InChI=1S/C16H14F3NO/c17-16(18,19)21-15-8-4-2-6-12(15)14-10-9-11-5-1-3-7-13(11)20-14/h1-8,14,20H,9-10H2. The van der Waals surface area contributed by atoms with Gasteiger partial charge in [0.1, 0.15) is 5.75 Å². The second kappa shape index (κ2) is 5.31. The molecule has 0 aliphatic carbocycles. The number of benzene rings is 2. The highest BCUT2D eigenvalue weighted by Gasteiger charge is 2.33. The van der Waals surface area contributed by atoms with Gasteiger partial charge in [0.05, 0.1) is 6.04 Å². The first kappa shape index (κ1) is 13.8. The lowest BCUT2D eigenvalue weighted by Crippen LogP contribution is -2.22. The molecule has 2 nitrogen and oxygen atoms in total. The number of aryl methyl sites for hydroxylation is 1. The summed E-state index contributed by atoms with van der Waals surface area (Å²) in [7, 11) is 0. The Hall–Kier alpha value is -2.17. The van der Waals surface area contributed by atoms with E-state index in [9.17, 15) is 13.2 Å². The lowest BCUT2D eigenvalue weighted by atomic mass is 9.93. The van der Waals surface area contributed by atoms with E-state index in [0.29, 0.717) is 5.56 Å². The fourth-order valence-corrected chi connectivity index (χ4v) is 2.66. The van der Waals surface area contributed by atoms with Gasteiger partial charge in [0.15, 0.2) is 0 Å². The van der Waals surface area contributed by atoms with E-state index in [0.717, 1.165) is 18.5 Å². The smallest absolute Gasteiger partial charge is 0.405 e. The number of rotatable bonds is 2. The van der Waals surface area contributed by atoms with Crippen LogP contribution < -0.4 is 10.1 Å². The molecular formula is C16H14F3NO. The minimum atomic E-state index is -4.68. The van der Waals surface area contributed by atoms with E-state index in [-0.39, 0.29) is 11.8 Å². The summed E-state index contributed by atoms with van der Waals surface area (Å²) in [6, 6.07) is 13.9. The Labute approximate surface area is 120 Å². The molecule has 21 heavy (non-hydrogen) atoms. The molecule has 0 bridgehead atoms. The third-order valence-corrected chi connectivity index (χ3v) is 3.57. The summed E-state index contributed by atoms with van der Waals surface area (Å²) in [4.78, 5) is 0. The van der Waals surface area contributed by atoms with E-state index in [2.05, 4.69) is 10.1 Å². The Bertz CT molecular complexity index is 639. The zero-order valence-electron chi connectivity index (χ0n) is 11.2. The van der Waals surface area contributed by atoms with Crippen molar-refractivity contribution in [1.29, 1.82) is 0 Å². The monoisotopic (exact) mass is 293 g/mol. The van der Waals surface area contributed by atoms with Gasteiger partial charge in [-0.2, -0.15) is 0 Å². The Balaban J connectivity index is 1.89. The molecule has 2 aromatic carbocycles. The SMILES string of the molecule is FC(F)(F)Oc1ccccc1C1CCc2ccccc2N1. The average Bonchev–Trinajstić information content (AvgIpc) is 2.46. The lowest BCUT2D eigenvalue weighted by molar-refractivity contribution is -0.274. The van der Waals surface area contributed by atoms with Gasteiger partial charge in [-0.05, 0) is 30.5 Å². The average molecular weight is 293 g/mol. The van der Waals surface area contributed by atoms with Gasteiger partial charge in [-0.15, -0.1) is 13.2 Å². The van der Waals surface area contributed by atoms with Crippen LogP contribution in [0.4, 0.5) is 18.9 Å². The van der Waals surface area contributed by atoms with Crippen molar-refractivity contribution in [3.05, 3.63) is 59.7 Å². The van der Waals surface area contributed by atoms with E-state index < -0.39 is 6.36 Å². The van der Waals surface area contributed by atoms with Gasteiger partial charge in [-0.25, -0.2) is 0 Å². The molecule has 0 radical (unpaired) electrons. The number of hydrogen-bond acceptors (Lipinski definition) is 2. The highest BCUT2D eigenvalue weighted by Crippen LogP contribution is 2.37. The largest absolute Gasteiger partial charge is 0.573 e. The first-order valence-corrected chi connectivity index (χ1v) is 6.72. The summed E-state index contributed by atoms with van der Waals surface area (Å²) in [6.45, 7) is 0. The molecule has 5 heteroatoms. The predicted octanol–water partition coefficient (Wildman–Crippen LogP) is 4.68. The second-order valence-corrected chi connectivity index (χ2v) is 4.98. The Morgan fingerprint density at radius 3 is 2.52 bits per heavy atom. The number of fused-ring (bicyclic) bond motifs is 1. The van der Waals surface area contributed by atoms with Crippen LogP contribution >= 0.6 is 0 Å². The van der Waals surface area contributed by atoms with Crippen LogP contribution in [0.15, 0.2) is 48.5 Å². The zero-order valence-corrected chi connectivity index (χ0v) is 11.2. The van der Waals surface area contributed by atoms with E-state index in [1.165, 1.54) is 11.6 Å². The third-order valence-electron chi connectivity index (χ3n) is 3.57. The molecule has 0 spiro atoms. The fraction of sp³-hybridized carbons (Fsp3) is 0.250. The highest BCUT2D eigenvalue weighted by molar-refractivity contribution is 5.56. The van der Waals surface area contributed by atoms with Crippen LogP contribution in [0.2, 0.25) is 0 Å². The number of alkyl halides is 3. The number of hydrogen-bond donors (Lipinski definition) is 1. The molecule has 0 amide bonds. The molecule has 2 aromatic rings. The van der Waals surface area contributed by atoms with Crippen molar-refractivity contribution < 1.29 is 17.9 Å². The number of halogens is 3. The third kappa shape index (κ3) is 3.12. The number of nitrogens with one attached hydrogen (secondary N) is 1. The van der Waals surface area contributed by atoms with Gasteiger partial charge in [0.25, 0.3) is 0 Å². The summed E-state index contributed by atoms with van der Waals surface area (Å²) >= 11 is 0. The lowest BCUT2D eigenvalue weighted by Gasteiger charge is -2.28. The minimum Gasteiger partial charge on any atom is -0.405 e. The Morgan fingerprint density at radius 2 is 1.71 bits per heavy atom. The number of ether oxygens (including phenoxy) is 1. The van der Waals surface area contributed by atoms with Gasteiger partial charge in [0, 0.05) is 11.3 Å². The van der Waals surface area contributed by atoms with Crippen molar-refractivity contribution in [2.45, 2.75) is 25.2 Å². The van der Waals surface area contributed by atoms with Gasteiger partial charge in [0.2, 0.25) is 0 Å². The fourth-order valence-electron chi connectivity index (χ4n) is 2.66. The van der Waals surface area contributed by atoms with Crippen molar-refractivity contribution in [3.63, 3.8) is 0 Å². The molecule has 110 valence electrons. The molecule has 0 aromatic heterocycles. The summed E-state index contributed by atoms with van der Waals surface area (Å²) in [5.74, 6) is -0.137. The normalized spacial score (nSPS) is 17.8. The maximum absolute atomic E-state index is 12.5. The first-order valence-electron chi connectivity index (χ1n) is 6.72. The van der Waals surface area contributed by atoms with Crippen LogP contribution in [0.3, 0.4) is 0 Å². The molecule has 1 heterocycles.